The molecular weight excluding hydrogens is 331 g/mol. The fourth-order valence-electron chi connectivity index (χ4n) is 2.50. The summed E-state index contributed by atoms with van der Waals surface area (Å²) in [5.41, 5.74) is -0.752. The smallest absolute Gasteiger partial charge is 0.270 e. The van der Waals surface area contributed by atoms with Crippen LogP contribution in [0, 0.1) is 0 Å². The van der Waals surface area contributed by atoms with Crippen LogP contribution in [0.3, 0.4) is 0 Å². The van der Waals surface area contributed by atoms with Gasteiger partial charge in [0.15, 0.2) is 0 Å². The Morgan fingerprint density at radius 1 is 0.957 bits per heavy atom. The van der Waals surface area contributed by atoms with Gasteiger partial charge in [0.2, 0.25) is 0 Å². The van der Waals surface area contributed by atoms with Gasteiger partial charge in [0.25, 0.3) is 11.8 Å². The highest BCUT2D eigenvalue weighted by atomic mass is 35.5. The molecule has 0 atom stereocenters. The molecule has 7 heteroatoms. The number of halogens is 4. The predicted octanol–water partition coefficient (Wildman–Crippen LogP) is 4.16. The molecule has 0 aliphatic carbocycles. The quantitative estimate of drug-likeness (QED) is 0.771. The van der Waals surface area contributed by atoms with Crippen molar-refractivity contribution in [2.75, 3.05) is 0 Å². The summed E-state index contributed by atoms with van der Waals surface area (Å²) in [7, 11) is 0. The van der Waals surface area contributed by atoms with E-state index in [1.807, 2.05) is 0 Å². The molecule has 0 saturated carbocycles. The van der Waals surface area contributed by atoms with Gasteiger partial charge in [0, 0.05) is 5.02 Å². The third kappa shape index (κ3) is 2.70. The molecule has 0 bridgehead atoms. The zero-order valence-corrected chi connectivity index (χ0v) is 12.3. The highest BCUT2D eigenvalue weighted by Gasteiger charge is 2.38. The number of carbonyl (C=O) groups excluding carboxylic acids is 2. The van der Waals surface area contributed by atoms with Gasteiger partial charge in [-0.15, -0.1) is 0 Å². The summed E-state index contributed by atoms with van der Waals surface area (Å²) in [5.74, 6) is -1.21. The van der Waals surface area contributed by atoms with Crippen LogP contribution in [-0.2, 0) is 12.7 Å². The summed E-state index contributed by atoms with van der Waals surface area (Å²) in [4.78, 5) is 25.3. The lowest BCUT2D eigenvalue weighted by Gasteiger charge is -2.18. The molecule has 1 aliphatic rings. The lowest BCUT2D eigenvalue weighted by Crippen LogP contribution is -2.30. The lowest BCUT2D eigenvalue weighted by atomic mass is 10.1. The van der Waals surface area contributed by atoms with Gasteiger partial charge in [-0.2, -0.15) is 13.2 Å². The average molecular weight is 340 g/mol. The van der Waals surface area contributed by atoms with E-state index in [-0.39, 0.29) is 21.7 Å². The number of rotatable bonds is 2. The SMILES string of the molecule is O=C1c2ccccc2C(=O)N1Cc1ccc(Cl)cc1C(F)(F)F. The van der Waals surface area contributed by atoms with E-state index in [1.54, 1.807) is 12.1 Å². The maximum absolute atomic E-state index is 13.1. The Morgan fingerprint density at radius 2 is 1.52 bits per heavy atom. The van der Waals surface area contributed by atoms with Gasteiger partial charge in [-0.3, -0.25) is 14.5 Å². The number of benzene rings is 2. The number of imide groups is 1. The van der Waals surface area contributed by atoms with Crippen molar-refractivity contribution in [2.24, 2.45) is 0 Å². The molecule has 0 N–H and O–H groups in total. The zero-order valence-electron chi connectivity index (χ0n) is 11.5. The van der Waals surface area contributed by atoms with E-state index >= 15 is 0 Å². The van der Waals surface area contributed by atoms with Crippen LogP contribution in [0.15, 0.2) is 42.5 Å². The van der Waals surface area contributed by atoms with Crippen LogP contribution in [-0.4, -0.2) is 16.7 Å². The Kier molecular flexibility index (Phi) is 3.64. The van der Waals surface area contributed by atoms with E-state index in [4.69, 9.17) is 11.6 Å². The number of nitrogens with zero attached hydrogens (tertiary/aromatic N) is 1. The fourth-order valence-corrected chi connectivity index (χ4v) is 2.68. The van der Waals surface area contributed by atoms with Gasteiger partial charge >= 0.3 is 6.18 Å². The molecule has 118 valence electrons. The fraction of sp³-hybridized carbons (Fsp3) is 0.125. The normalized spacial score (nSPS) is 14.3. The van der Waals surface area contributed by atoms with Crippen LogP contribution in [0.1, 0.15) is 31.8 Å². The molecule has 0 radical (unpaired) electrons. The van der Waals surface area contributed by atoms with Crippen LogP contribution in [0.4, 0.5) is 13.2 Å². The number of carbonyl (C=O) groups is 2. The average Bonchev–Trinajstić information content (AvgIpc) is 2.73. The van der Waals surface area contributed by atoms with E-state index in [9.17, 15) is 22.8 Å². The first-order valence-corrected chi connectivity index (χ1v) is 6.97. The minimum absolute atomic E-state index is 0.0663. The third-order valence-electron chi connectivity index (χ3n) is 3.58. The molecule has 1 aliphatic heterocycles. The standard InChI is InChI=1S/C16H9ClF3NO2/c17-10-6-5-9(13(7-10)16(18,19)20)8-21-14(22)11-3-1-2-4-12(11)15(21)23/h1-7H,8H2. The van der Waals surface area contributed by atoms with Crippen LogP contribution in [0.25, 0.3) is 0 Å². The van der Waals surface area contributed by atoms with Crippen LogP contribution >= 0.6 is 11.6 Å². The summed E-state index contributed by atoms with van der Waals surface area (Å²) in [6.45, 7) is -0.460. The minimum Gasteiger partial charge on any atom is -0.270 e. The first-order chi connectivity index (χ1) is 10.8. The molecule has 2 aromatic rings. The molecular formula is C16H9ClF3NO2. The molecule has 23 heavy (non-hydrogen) atoms. The zero-order chi connectivity index (χ0) is 16.8. The Hall–Kier alpha value is -2.34. The van der Waals surface area contributed by atoms with E-state index < -0.39 is 30.1 Å². The summed E-state index contributed by atoms with van der Waals surface area (Å²) in [6.07, 6.45) is -4.63. The molecule has 0 spiro atoms. The Balaban J connectivity index is 1.99. The van der Waals surface area contributed by atoms with Crippen molar-refractivity contribution >= 4 is 23.4 Å². The van der Waals surface area contributed by atoms with E-state index in [0.717, 1.165) is 11.0 Å². The number of amides is 2. The Bertz CT molecular complexity index is 782. The molecule has 0 unspecified atom stereocenters. The number of alkyl halides is 3. The molecule has 2 aromatic carbocycles. The molecule has 0 saturated heterocycles. The molecule has 3 rings (SSSR count). The van der Waals surface area contributed by atoms with Crippen molar-refractivity contribution in [3.8, 4) is 0 Å². The summed E-state index contributed by atoms with van der Waals surface area (Å²) in [5, 5.41) is -0.0663. The van der Waals surface area contributed by atoms with Gasteiger partial charge in [-0.05, 0) is 29.8 Å². The van der Waals surface area contributed by atoms with Gasteiger partial charge in [0.1, 0.15) is 0 Å². The topological polar surface area (TPSA) is 37.4 Å². The van der Waals surface area contributed by atoms with Crippen molar-refractivity contribution in [3.05, 3.63) is 69.7 Å². The minimum atomic E-state index is -4.63. The largest absolute Gasteiger partial charge is 0.416 e. The van der Waals surface area contributed by atoms with E-state index in [0.29, 0.717) is 0 Å². The van der Waals surface area contributed by atoms with Crippen LogP contribution in [0.2, 0.25) is 5.02 Å². The monoisotopic (exact) mass is 339 g/mol. The van der Waals surface area contributed by atoms with Gasteiger partial charge in [-0.1, -0.05) is 29.8 Å². The van der Waals surface area contributed by atoms with Gasteiger partial charge < -0.3 is 0 Å². The van der Waals surface area contributed by atoms with Crippen molar-refractivity contribution < 1.29 is 22.8 Å². The predicted molar refractivity (Wildman–Crippen MR) is 77.1 cm³/mol. The Labute approximate surface area is 134 Å². The van der Waals surface area contributed by atoms with Crippen LogP contribution < -0.4 is 0 Å². The van der Waals surface area contributed by atoms with Crippen molar-refractivity contribution in [1.29, 1.82) is 0 Å². The van der Waals surface area contributed by atoms with E-state index in [2.05, 4.69) is 0 Å². The first kappa shape index (κ1) is 15.6. The first-order valence-electron chi connectivity index (χ1n) is 6.60. The maximum atomic E-state index is 13.1. The van der Waals surface area contributed by atoms with E-state index in [1.165, 1.54) is 24.3 Å². The second-order valence-electron chi connectivity index (χ2n) is 5.04. The molecule has 3 nitrogen and oxygen atoms in total. The van der Waals surface area contributed by atoms with Gasteiger partial charge in [0.05, 0.1) is 23.2 Å². The van der Waals surface area contributed by atoms with Crippen molar-refractivity contribution in [3.63, 3.8) is 0 Å². The van der Waals surface area contributed by atoms with Crippen molar-refractivity contribution in [2.45, 2.75) is 12.7 Å². The van der Waals surface area contributed by atoms with Gasteiger partial charge in [-0.25, -0.2) is 0 Å². The molecule has 0 fully saturated rings. The highest BCUT2D eigenvalue weighted by molar-refractivity contribution is 6.30. The van der Waals surface area contributed by atoms with Crippen molar-refractivity contribution in [1.82, 2.24) is 4.90 Å². The number of fused-ring (bicyclic) bond motifs is 1. The summed E-state index contributed by atoms with van der Waals surface area (Å²) >= 11 is 5.62. The molecule has 0 aromatic heterocycles. The second-order valence-corrected chi connectivity index (χ2v) is 5.48. The third-order valence-corrected chi connectivity index (χ3v) is 3.82. The Morgan fingerprint density at radius 3 is 2.04 bits per heavy atom. The maximum Gasteiger partial charge on any atom is 0.416 e. The lowest BCUT2D eigenvalue weighted by molar-refractivity contribution is -0.138. The van der Waals surface area contributed by atoms with Crippen LogP contribution in [0.5, 0.6) is 0 Å². The molecule has 1 heterocycles. The summed E-state index contributed by atoms with van der Waals surface area (Å²) in [6, 6.07) is 9.39. The summed E-state index contributed by atoms with van der Waals surface area (Å²) < 4.78 is 39.3. The highest BCUT2D eigenvalue weighted by Crippen LogP contribution is 2.35. The number of hydrogen-bond acceptors (Lipinski definition) is 2. The second kappa shape index (κ2) is 5.38. The number of hydrogen-bond donors (Lipinski definition) is 0. The molecule has 2 amide bonds.